The van der Waals surface area contributed by atoms with Gasteiger partial charge in [0.05, 0.1) is 7.11 Å². The number of fused-ring (bicyclic) bond motifs is 1. The molecule has 0 amide bonds. The Hall–Kier alpha value is -2.33. The third kappa shape index (κ3) is 2.89. The van der Waals surface area contributed by atoms with Crippen LogP contribution in [0.2, 0.25) is 0 Å². The van der Waals surface area contributed by atoms with Crippen molar-refractivity contribution < 1.29 is 9.13 Å². The molecule has 0 radical (unpaired) electrons. The Labute approximate surface area is 141 Å². The average molecular weight is 324 g/mol. The SMILES string of the molecule is COc1ccc2[nH]cc([C@@H]3CCN(Cc4cccc(F)c4)C3)c2c1. The molecule has 0 unspecified atom stereocenters. The van der Waals surface area contributed by atoms with Gasteiger partial charge < -0.3 is 9.72 Å². The molecule has 1 atom stereocenters. The molecule has 0 spiro atoms. The van der Waals surface area contributed by atoms with E-state index in [9.17, 15) is 4.39 Å². The first-order valence-electron chi connectivity index (χ1n) is 8.35. The zero-order chi connectivity index (χ0) is 16.5. The second-order valence-corrected chi connectivity index (χ2v) is 6.51. The van der Waals surface area contributed by atoms with E-state index in [4.69, 9.17) is 4.74 Å². The zero-order valence-corrected chi connectivity index (χ0v) is 13.8. The van der Waals surface area contributed by atoms with E-state index in [2.05, 4.69) is 28.2 Å². The number of hydrogen-bond acceptors (Lipinski definition) is 2. The fourth-order valence-electron chi connectivity index (χ4n) is 3.71. The van der Waals surface area contributed by atoms with Crippen molar-refractivity contribution in [3.05, 3.63) is 65.6 Å². The molecule has 1 N–H and O–H groups in total. The van der Waals surface area contributed by atoms with E-state index in [1.807, 2.05) is 12.1 Å². The Morgan fingerprint density at radius 3 is 3.00 bits per heavy atom. The standard InChI is InChI=1S/C20H21FN2O/c1-24-17-5-6-20-18(10-17)19(11-22-20)15-7-8-23(13-15)12-14-3-2-4-16(21)9-14/h2-6,9-11,15,22H,7-8,12-13H2,1H3/t15-/m1/s1. The summed E-state index contributed by atoms with van der Waals surface area (Å²) in [6.45, 7) is 2.85. The fourth-order valence-corrected chi connectivity index (χ4v) is 3.71. The molecule has 3 nitrogen and oxygen atoms in total. The van der Waals surface area contributed by atoms with Gasteiger partial charge in [-0.3, -0.25) is 4.90 Å². The summed E-state index contributed by atoms with van der Waals surface area (Å²) in [6, 6.07) is 13.1. The summed E-state index contributed by atoms with van der Waals surface area (Å²) in [5.41, 5.74) is 3.54. The molecule has 2 aromatic carbocycles. The van der Waals surface area contributed by atoms with E-state index in [1.165, 1.54) is 17.0 Å². The van der Waals surface area contributed by atoms with E-state index in [1.54, 1.807) is 19.2 Å². The van der Waals surface area contributed by atoms with E-state index in [0.717, 1.165) is 42.9 Å². The molecule has 1 aromatic heterocycles. The largest absolute Gasteiger partial charge is 0.497 e. The van der Waals surface area contributed by atoms with Crippen LogP contribution in [0.25, 0.3) is 10.9 Å². The number of halogens is 1. The smallest absolute Gasteiger partial charge is 0.123 e. The minimum Gasteiger partial charge on any atom is -0.497 e. The van der Waals surface area contributed by atoms with Gasteiger partial charge in [0.25, 0.3) is 0 Å². The summed E-state index contributed by atoms with van der Waals surface area (Å²) in [7, 11) is 1.70. The molecule has 0 aliphatic carbocycles. The summed E-state index contributed by atoms with van der Waals surface area (Å²) in [4.78, 5) is 5.77. The lowest BCUT2D eigenvalue weighted by atomic mass is 9.98. The monoisotopic (exact) mass is 324 g/mol. The summed E-state index contributed by atoms with van der Waals surface area (Å²) in [6.07, 6.45) is 3.25. The highest BCUT2D eigenvalue weighted by molar-refractivity contribution is 5.85. The van der Waals surface area contributed by atoms with Crippen LogP contribution in [-0.4, -0.2) is 30.1 Å². The predicted molar refractivity (Wildman–Crippen MR) is 93.9 cm³/mol. The number of aromatic nitrogens is 1. The van der Waals surface area contributed by atoms with Crippen LogP contribution < -0.4 is 4.74 Å². The van der Waals surface area contributed by atoms with Gasteiger partial charge in [-0.05, 0) is 60.3 Å². The first-order valence-corrected chi connectivity index (χ1v) is 8.35. The van der Waals surface area contributed by atoms with Gasteiger partial charge in [-0.25, -0.2) is 4.39 Å². The quantitative estimate of drug-likeness (QED) is 0.775. The van der Waals surface area contributed by atoms with E-state index in [0.29, 0.717) is 5.92 Å². The van der Waals surface area contributed by atoms with Gasteiger partial charge in [0.2, 0.25) is 0 Å². The number of rotatable bonds is 4. The molecular weight excluding hydrogens is 303 g/mol. The number of likely N-dealkylation sites (tertiary alicyclic amines) is 1. The molecule has 4 rings (SSSR count). The highest BCUT2D eigenvalue weighted by Crippen LogP contribution is 2.34. The van der Waals surface area contributed by atoms with Gasteiger partial charge in [-0.1, -0.05) is 12.1 Å². The minimum atomic E-state index is -0.160. The minimum absolute atomic E-state index is 0.160. The van der Waals surface area contributed by atoms with Crippen LogP contribution in [0.3, 0.4) is 0 Å². The number of ether oxygens (including phenoxy) is 1. The van der Waals surface area contributed by atoms with Crippen molar-refractivity contribution in [3.63, 3.8) is 0 Å². The second-order valence-electron chi connectivity index (χ2n) is 6.51. The van der Waals surface area contributed by atoms with Crippen molar-refractivity contribution in [2.24, 2.45) is 0 Å². The Morgan fingerprint density at radius 1 is 1.25 bits per heavy atom. The first kappa shape index (κ1) is 15.2. The lowest BCUT2D eigenvalue weighted by molar-refractivity contribution is 0.326. The number of methoxy groups -OCH3 is 1. The van der Waals surface area contributed by atoms with Gasteiger partial charge in [0.1, 0.15) is 11.6 Å². The van der Waals surface area contributed by atoms with Crippen molar-refractivity contribution >= 4 is 10.9 Å². The number of aromatic amines is 1. The molecule has 0 saturated carbocycles. The molecular formula is C20H21FN2O. The normalized spacial score (nSPS) is 18.3. The fraction of sp³-hybridized carbons (Fsp3) is 0.300. The topological polar surface area (TPSA) is 28.3 Å². The molecule has 1 aliphatic rings. The summed E-state index contributed by atoms with van der Waals surface area (Å²) in [5, 5.41) is 1.24. The number of nitrogens with zero attached hydrogens (tertiary/aromatic N) is 1. The third-order valence-electron chi connectivity index (χ3n) is 4.93. The van der Waals surface area contributed by atoms with Crippen LogP contribution in [0.5, 0.6) is 5.75 Å². The molecule has 1 saturated heterocycles. The highest BCUT2D eigenvalue weighted by Gasteiger charge is 2.26. The predicted octanol–water partition coefficient (Wildman–Crippen LogP) is 4.31. The molecule has 2 heterocycles. The lowest BCUT2D eigenvalue weighted by Crippen LogP contribution is -2.19. The van der Waals surface area contributed by atoms with E-state index in [-0.39, 0.29) is 5.82 Å². The lowest BCUT2D eigenvalue weighted by Gasteiger charge is -2.16. The molecule has 124 valence electrons. The summed E-state index contributed by atoms with van der Waals surface area (Å²) < 4.78 is 18.7. The van der Waals surface area contributed by atoms with Gasteiger partial charge in [-0.2, -0.15) is 0 Å². The summed E-state index contributed by atoms with van der Waals surface area (Å²) >= 11 is 0. The second kappa shape index (κ2) is 6.29. The van der Waals surface area contributed by atoms with E-state index >= 15 is 0 Å². The van der Waals surface area contributed by atoms with Crippen molar-refractivity contribution in [2.75, 3.05) is 20.2 Å². The molecule has 1 fully saturated rings. The number of nitrogens with one attached hydrogen (secondary N) is 1. The van der Waals surface area contributed by atoms with Crippen LogP contribution in [-0.2, 0) is 6.54 Å². The molecule has 3 aromatic rings. The van der Waals surface area contributed by atoms with Gasteiger partial charge >= 0.3 is 0 Å². The van der Waals surface area contributed by atoms with Crippen molar-refractivity contribution in [1.82, 2.24) is 9.88 Å². The number of hydrogen-bond donors (Lipinski definition) is 1. The van der Waals surface area contributed by atoms with Crippen LogP contribution in [0.1, 0.15) is 23.5 Å². The van der Waals surface area contributed by atoms with Crippen molar-refractivity contribution in [2.45, 2.75) is 18.9 Å². The highest BCUT2D eigenvalue weighted by atomic mass is 19.1. The van der Waals surface area contributed by atoms with Gasteiger partial charge in [-0.15, -0.1) is 0 Å². The Balaban J connectivity index is 1.52. The molecule has 24 heavy (non-hydrogen) atoms. The Kier molecular flexibility index (Phi) is 3.98. The third-order valence-corrected chi connectivity index (χ3v) is 4.93. The van der Waals surface area contributed by atoms with Crippen molar-refractivity contribution in [3.8, 4) is 5.75 Å². The van der Waals surface area contributed by atoms with Crippen LogP contribution in [0.4, 0.5) is 4.39 Å². The zero-order valence-electron chi connectivity index (χ0n) is 13.8. The van der Waals surface area contributed by atoms with Crippen LogP contribution in [0, 0.1) is 5.82 Å². The molecule has 4 heteroatoms. The molecule has 0 bridgehead atoms. The number of H-pyrrole nitrogens is 1. The maximum absolute atomic E-state index is 13.4. The van der Waals surface area contributed by atoms with Crippen LogP contribution in [0.15, 0.2) is 48.7 Å². The molecule has 1 aliphatic heterocycles. The first-order chi connectivity index (χ1) is 11.7. The maximum Gasteiger partial charge on any atom is 0.123 e. The Bertz CT molecular complexity index is 858. The Morgan fingerprint density at radius 2 is 2.17 bits per heavy atom. The van der Waals surface area contributed by atoms with E-state index < -0.39 is 0 Å². The summed E-state index contributed by atoms with van der Waals surface area (Å²) in [5.74, 6) is 1.23. The van der Waals surface area contributed by atoms with Crippen LogP contribution >= 0.6 is 0 Å². The van der Waals surface area contributed by atoms with Crippen molar-refractivity contribution in [1.29, 1.82) is 0 Å². The van der Waals surface area contributed by atoms with Gasteiger partial charge in [0, 0.05) is 30.2 Å². The van der Waals surface area contributed by atoms with Gasteiger partial charge in [0.15, 0.2) is 0 Å². The average Bonchev–Trinajstić information content (AvgIpc) is 3.20. The maximum atomic E-state index is 13.4. The number of benzene rings is 2.